The molecule has 8 nitrogen and oxygen atoms in total. The van der Waals surface area contributed by atoms with Crippen LogP contribution in [0.2, 0.25) is 0 Å². The van der Waals surface area contributed by atoms with E-state index in [0.717, 1.165) is 6.07 Å². The van der Waals surface area contributed by atoms with Crippen LogP contribution < -0.4 is 16.6 Å². The van der Waals surface area contributed by atoms with Crippen molar-refractivity contribution in [2.24, 2.45) is 5.73 Å². The van der Waals surface area contributed by atoms with Gasteiger partial charge < -0.3 is 15.8 Å². The summed E-state index contributed by atoms with van der Waals surface area (Å²) in [6.07, 6.45) is 0.749. The van der Waals surface area contributed by atoms with Crippen molar-refractivity contribution < 1.29 is 27.5 Å². The van der Waals surface area contributed by atoms with Gasteiger partial charge in [-0.1, -0.05) is 6.07 Å². The lowest BCUT2D eigenvalue weighted by Crippen LogP contribution is -2.48. The first-order chi connectivity index (χ1) is 15.3. The molecule has 2 amide bonds. The normalized spacial score (nSPS) is 18.8. The molecule has 0 spiro atoms. The van der Waals surface area contributed by atoms with Crippen molar-refractivity contribution in [2.45, 2.75) is 24.9 Å². The van der Waals surface area contributed by atoms with Gasteiger partial charge in [-0.15, -0.1) is 0 Å². The van der Waals surface area contributed by atoms with E-state index in [1.54, 1.807) is 18.6 Å². The maximum atomic E-state index is 14.6. The minimum absolute atomic E-state index is 0.118. The summed E-state index contributed by atoms with van der Waals surface area (Å²) in [5.41, 5.74) is 5.19. The molecule has 1 aromatic heterocycles. The van der Waals surface area contributed by atoms with Gasteiger partial charge in [-0.05, 0) is 31.0 Å². The highest BCUT2D eigenvalue weighted by atomic mass is 19.3. The molecule has 2 heterocycles. The number of amides is 2. The first-order valence-corrected chi connectivity index (χ1v) is 9.78. The summed E-state index contributed by atoms with van der Waals surface area (Å²) in [6, 6.07) is 7.02. The third kappa shape index (κ3) is 5.74. The van der Waals surface area contributed by atoms with E-state index in [9.17, 15) is 27.6 Å². The predicted octanol–water partition coefficient (Wildman–Crippen LogP) is 1.33. The molecule has 0 bridgehead atoms. The lowest BCUT2D eigenvalue weighted by Gasteiger charge is -2.27. The topological polar surface area (TPSA) is 107 Å². The molecule has 171 valence electrons. The summed E-state index contributed by atoms with van der Waals surface area (Å²) in [5, 5.41) is 2.41. The van der Waals surface area contributed by atoms with Crippen molar-refractivity contribution in [2.75, 3.05) is 25.1 Å². The highest BCUT2D eigenvalue weighted by Crippen LogP contribution is 2.24. The van der Waals surface area contributed by atoms with Gasteiger partial charge in [0, 0.05) is 24.4 Å². The lowest BCUT2D eigenvalue weighted by molar-refractivity contribution is -0.124. The van der Waals surface area contributed by atoms with E-state index in [1.165, 1.54) is 33.9 Å². The molecule has 1 fully saturated rings. The summed E-state index contributed by atoms with van der Waals surface area (Å²) in [6.45, 7) is -1.21. The SMILES string of the molecule is NC(=O)C1[CH]C[C@@H](COCC(F)F)N1CC(=O)Nc1ccc(-n2ccccc2=O)cc1F. The van der Waals surface area contributed by atoms with Crippen molar-refractivity contribution in [3.05, 3.63) is 65.2 Å². The number of nitrogens with one attached hydrogen (secondary N) is 1. The molecule has 3 rings (SSSR count). The van der Waals surface area contributed by atoms with Gasteiger partial charge in [-0.3, -0.25) is 23.9 Å². The molecule has 0 saturated carbocycles. The predicted molar refractivity (Wildman–Crippen MR) is 110 cm³/mol. The molecule has 1 aliphatic rings. The Hall–Kier alpha value is -3.18. The van der Waals surface area contributed by atoms with Gasteiger partial charge in [0.25, 0.3) is 12.0 Å². The van der Waals surface area contributed by atoms with E-state index < -0.39 is 42.7 Å². The van der Waals surface area contributed by atoms with E-state index >= 15 is 0 Å². The van der Waals surface area contributed by atoms with Gasteiger partial charge >= 0.3 is 0 Å². The molecule has 1 aromatic carbocycles. The van der Waals surface area contributed by atoms with Crippen molar-refractivity contribution in [3.8, 4) is 5.69 Å². The number of likely N-dealkylation sites (tertiary alicyclic amines) is 1. The number of hydrogen-bond donors (Lipinski definition) is 2. The number of halogens is 3. The maximum Gasteiger partial charge on any atom is 0.261 e. The molecule has 2 aromatic rings. The number of nitrogens with two attached hydrogens (primary N) is 1. The Morgan fingerprint density at radius 3 is 2.69 bits per heavy atom. The number of carbonyl (C=O) groups excluding carboxylic acids is 2. The summed E-state index contributed by atoms with van der Waals surface area (Å²) < 4.78 is 45.4. The number of alkyl halides is 2. The van der Waals surface area contributed by atoms with E-state index in [1.807, 2.05) is 0 Å². The number of ether oxygens (including phenoxy) is 1. The van der Waals surface area contributed by atoms with Crippen LogP contribution in [0.25, 0.3) is 5.69 Å². The Kier molecular flexibility index (Phi) is 7.65. The molecule has 3 N–H and O–H groups in total. The molecular formula is C21H22F3N4O4. The Labute approximate surface area is 181 Å². The first-order valence-electron chi connectivity index (χ1n) is 9.78. The summed E-state index contributed by atoms with van der Waals surface area (Å²) in [7, 11) is 0. The number of rotatable bonds is 9. The number of benzene rings is 1. The number of pyridine rings is 1. The van der Waals surface area contributed by atoms with E-state index in [-0.39, 0.29) is 30.1 Å². The third-order valence-electron chi connectivity index (χ3n) is 4.96. The van der Waals surface area contributed by atoms with Crippen molar-refractivity contribution >= 4 is 17.5 Å². The zero-order valence-corrected chi connectivity index (χ0v) is 16.9. The number of aromatic nitrogens is 1. The molecule has 1 aliphatic heterocycles. The minimum Gasteiger partial charge on any atom is -0.374 e. The molecule has 0 aliphatic carbocycles. The Morgan fingerprint density at radius 1 is 1.25 bits per heavy atom. The van der Waals surface area contributed by atoms with E-state index in [4.69, 9.17) is 10.5 Å². The second-order valence-electron chi connectivity index (χ2n) is 7.19. The smallest absolute Gasteiger partial charge is 0.261 e. The van der Waals surface area contributed by atoms with Crippen LogP contribution in [-0.2, 0) is 14.3 Å². The van der Waals surface area contributed by atoms with Gasteiger partial charge in [-0.25, -0.2) is 13.2 Å². The van der Waals surface area contributed by atoms with Crippen LogP contribution in [-0.4, -0.2) is 59.5 Å². The third-order valence-corrected chi connectivity index (χ3v) is 4.96. The molecular weight excluding hydrogens is 429 g/mol. The van der Waals surface area contributed by atoms with E-state index in [0.29, 0.717) is 6.42 Å². The number of primary amides is 1. The van der Waals surface area contributed by atoms with Gasteiger partial charge in [0.2, 0.25) is 11.8 Å². The quantitative estimate of drug-likeness (QED) is 0.598. The molecule has 1 unspecified atom stereocenters. The van der Waals surface area contributed by atoms with Crippen molar-refractivity contribution in [3.63, 3.8) is 0 Å². The van der Waals surface area contributed by atoms with Crippen LogP contribution in [0, 0.1) is 12.2 Å². The van der Waals surface area contributed by atoms with Crippen molar-refractivity contribution in [1.29, 1.82) is 0 Å². The average Bonchev–Trinajstić information content (AvgIpc) is 3.12. The zero-order chi connectivity index (χ0) is 23.3. The fraction of sp³-hybridized carbons (Fsp3) is 0.333. The maximum absolute atomic E-state index is 14.6. The molecule has 1 radical (unpaired) electrons. The molecule has 32 heavy (non-hydrogen) atoms. The van der Waals surface area contributed by atoms with Crippen LogP contribution in [0.15, 0.2) is 47.4 Å². The largest absolute Gasteiger partial charge is 0.374 e. The number of hydrogen-bond acceptors (Lipinski definition) is 5. The van der Waals surface area contributed by atoms with Crippen LogP contribution in [0.4, 0.5) is 18.9 Å². The summed E-state index contributed by atoms with van der Waals surface area (Å²) in [4.78, 5) is 37.5. The van der Waals surface area contributed by atoms with Gasteiger partial charge in [-0.2, -0.15) is 0 Å². The van der Waals surface area contributed by atoms with Gasteiger partial charge in [0.15, 0.2) is 0 Å². The number of anilines is 1. The Bertz CT molecular complexity index is 1030. The van der Waals surface area contributed by atoms with Crippen LogP contribution in [0.3, 0.4) is 0 Å². The molecule has 1 saturated heterocycles. The molecule has 2 atom stereocenters. The fourth-order valence-corrected chi connectivity index (χ4v) is 3.50. The number of nitrogens with zero attached hydrogens (tertiary/aromatic N) is 2. The number of carbonyl (C=O) groups is 2. The molecule has 11 heteroatoms. The average molecular weight is 451 g/mol. The van der Waals surface area contributed by atoms with Gasteiger partial charge in [0.1, 0.15) is 12.4 Å². The minimum atomic E-state index is -2.64. The lowest BCUT2D eigenvalue weighted by atomic mass is 10.2. The van der Waals surface area contributed by atoms with Crippen LogP contribution in [0.5, 0.6) is 0 Å². The highest BCUT2D eigenvalue weighted by molar-refractivity contribution is 5.93. The summed E-state index contributed by atoms with van der Waals surface area (Å²) in [5.74, 6) is -2.09. The summed E-state index contributed by atoms with van der Waals surface area (Å²) >= 11 is 0. The zero-order valence-electron chi connectivity index (χ0n) is 16.9. The van der Waals surface area contributed by atoms with Crippen LogP contribution >= 0.6 is 0 Å². The fourth-order valence-electron chi connectivity index (χ4n) is 3.50. The highest BCUT2D eigenvalue weighted by Gasteiger charge is 2.38. The van der Waals surface area contributed by atoms with E-state index in [2.05, 4.69) is 5.32 Å². The first kappa shape index (κ1) is 23.5. The Balaban J connectivity index is 1.68. The van der Waals surface area contributed by atoms with Crippen LogP contribution in [0.1, 0.15) is 6.42 Å². The second kappa shape index (κ2) is 10.4. The van der Waals surface area contributed by atoms with Gasteiger partial charge in [0.05, 0.1) is 30.6 Å². The second-order valence-corrected chi connectivity index (χ2v) is 7.19. The van der Waals surface area contributed by atoms with Crippen molar-refractivity contribution in [1.82, 2.24) is 9.47 Å². The Morgan fingerprint density at radius 2 is 2.03 bits per heavy atom. The monoisotopic (exact) mass is 451 g/mol. The standard InChI is InChI=1S/C21H22F3N4O4/c22-15-9-13(27-8-2-1-3-20(27)30)4-6-16(15)26-19(29)10-28-14(11-32-12-18(23)24)5-7-17(28)21(25)31/h1-4,6-9,14,17-18H,5,10-12H2,(H2,25,31)(H,26,29)/t14-,17?/m0/s1.